The molecule has 0 amide bonds. The lowest BCUT2D eigenvalue weighted by Crippen LogP contribution is -2.08. The number of aromatic nitrogens is 3. The average molecular weight is 456 g/mol. The Balaban J connectivity index is 1.64. The van der Waals surface area contributed by atoms with E-state index in [-0.39, 0.29) is 6.61 Å². The van der Waals surface area contributed by atoms with Gasteiger partial charge >= 0.3 is 0 Å². The number of aliphatic hydroxyl groups excluding tert-OH is 1. The van der Waals surface area contributed by atoms with Crippen LogP contribution in [0.3, 0.4) is 0 Å². The summed E-state index contributed by atoms with van der Waals surface area (Å²) in [6.45, 7) is 0.671. The Hall–Kier alpha value is -2.39. The van der Waals surface area contributed by atoms with Crippen LogP contribution in [0.2, 0.25) is 0 Å². The van der Waals surface area contributed by atoms with Crippen molar-refractivity contribution in [3.63, 3.8) is 0 Å². The van der Waals surface area contributed by atoms with E-state index in [0.29, 0.717) is 6.54 Å². The number of aliphatic hydroxyl groups is 1. The molecular weight excluding hydrogens is 438 g/mol. The van der Waals surface area contributed by atoms with Gasteiger partial charge in [-0.3, -0.25) is 4.72 Å². The molecule has 4 rings (SSSR count). The fourth-order valence-electron chi connectivity index (χ4n) is 2.72. The second-order valence-electron chi connectivity index (χ2n) is 5.99. The van der Waals surface area contributed by atoms with Crippen molar-refractivity contribution in [3.8, 4) is 11.3 Å². The molecule has 0 aliphatic heterocycles. The standard InChI is InChI=1S/C20H18BrN5OS/c21-17-13-22-26-19(12-18(25-20(17)26)14-4-2-1-3-5-14)24-15-6-8-16(9-7-15)28-23-10-11-27/h1-9,12-13,23-24,27H,10-11H2. The Bertz CT molecular complexity index is 1070. The molecule has 2 aromatic carbocycles. The fraction of sp³-hybridized carbons (Fsp3) is 0.100. The van der Waals surface area contributed by atoms with E-state index in [1.54, 1.807) is 10.7 Å². The summed E-state index contributed by atoms with van der Waals surface area (Å²) in [6, 6.07) is 20.1. The first-order chi connectivity index (χ1) is 13.7. The van der Waals surface area contributed by atoms with Gasteiger partial charge in [-0.05, 0) is 52.1 Å². The monoisotopic (exact) mass is 455 g/mol. The maximum atomic E-state index is 8.84. The summed E-state index contributed by atoms with van der Waals surface area (Å²) in [5.41, 5.74) is 3.62. The first-order valence-electron chi connectivity index (χ1n) is 8.72. The second kappa shape index (κ2) is 8.74. The number of nitrogens with zero attached hydrogens (tertiary/aromatic N) is 3. The minimum atomic E-state index is 0.119. The van der Waals surface area contributed by atoms with Gasteiger partial charge in [0, 0.05) is 28.8 Å². The van der Waals surface area contributed by atoms with Crippen LogP contribution in [0.5, 0.6) is 0 Å². The van der Waals surface area contributed by atoms with Crippen LogP contribution in [0.25, 0.3) is 16.9 Å². The van der Waals surface area contributed by atoms with Gasteiger partial charge in [0.25, 0.3) is 0 Å². The Labute approximate surface area is 175 Å². The number of rotatable bonds is 7. The number of benzene rings is 2. The normalized spacial score (nSPS) is 11.1. The number of hydrogen-bond donors (Lipinski definition) is 3. The molecule has 0 saturated carbocycles. The highest BCUT2D eigenvalue weighted by Crippen LogP contribution is 2.28. The molecule has 2 aromatic heterocycles. The summed E-state index contributed by atoms with van der Waals surface area (Å²) >= 11 is 5.03. The molecule has 0 aliphatic rings. The van der Waals surface area contributed by atoms with Crippen LogP contribution >= 0.6 is 27.9 Å². The largest absolute Gasteiger partial charge is 0.395 e. The van der Waals surface area contributed by atoms with Crippen LogP contribution in [-0.4, -0.2) is 32.9 Å². The van der Waals surface area contributed by atoms with Crippen LogP contribution in [0.1, 0.15) is 0 Å². The van der Waals surface area contributed by atoms with Gasteiger partial charge in [0.1, 0.15) is 5.82 Å². The maximum absolute atomic E-state index is 8.84. The minimum absolute atomic E-state index is 0.119. The molecule has 0 spiro atoms. The molecule has 2 heterocycles. The SMILES string of the molecule is OCCNSc1ccc(Nc2cc(-c3ccccc3)nc3c(Br)cnn23)cc1. The van der Waals surface area contributed by atoms with E-state index < -0.39 is 0 Å². The molecule has 0 fully saturated rings. The van der Waals surface area contributed by atoms with Crippen molar-refractivity contribution in [1.82, 2.24) is 19.3 Å². The molecule has 8 heteroatoms. The third-order valence-electron chi connectivity index (χ3n) is 4.03. The molecule has 3 N–H and O–H groups in total. The predicted molar refractivity (Wildman–Crippen MR) is 117 cm³/mol. The maximum Gasteiger partial charge on any atom is 0.172 e. The molecule has 142 valence electrons. The van der Waals surface area contributed by atoms with Crippen LogP contribution in [0.15, 0.2) is 76.2 Å². The molecule has 0 radical (unpaired) electrons. The summed E-state index contributed by atoms with van der Waals surface area (Å²) in [6.07, 6.45) is 1.74. The van der Waals surface area contributed by atoms with Crippen molar-refractivity contribution in [1.29, 1.82) is 0 Å². The summed E-state index contributed by atoms with van der Waals surface area (Å²) in [7, 11) is 0. The summed E-state index contributed by atoms with van der Waals surface area (Å²) in [5.74, 6) is 0.827. The van der Waals surface area contributed by atoms with E-state index in [0.717, 1.165) is 37.8 Å². The lowest BCUT2D eigenvalue weighted by Gasteiger charge is -2.11. The van der Waals surface area contributed by atoms with E-state index in [1.807, 2.05) is 60.7 Å². The van der Waals surface area contributed by atoms with Crippen molar-refractivity contribution >= 4 is 45.0 Å². The van der Waals surface area contributed by atoms with Crippen molar-refractivity contribution < 1.29 is 5.11 Å². The van der Waals surface area contributed by atoms with Gasteiger partial charge in [-0.15, -0.1) is 0 Å². The number of halogens is 1. The Morgan fingerprint density at radius 2 is 1.86 bits per heavy atom. The molecule has 6 nitrogen and oxygen atoms in total. The quantitative estimate of drug-likeness (QED) is 0.281. The third kappa shape index (κ3) is 4.20. The van der Waals surface area contributed by atoms with E-state index in [1.165, 1.54) is 11.9 Å². The van der Waals surface area contributed by atoms with Gasteiger partial charge in [-0.2, -0.15) is 9.61 Å². The lowest BCUT2D eigenvalue weighted by molar-refractivity contribution is 0.302. The van der Waals surface area contributed by atoms with Gasteiger partial charge in [0.05, 0.1) is 23.0 Å². The predicted octanol–water partition coefficient (Wildman–Crippen LogP) is 4.49. The van der Waals surface area contributed by atoms with E-state index in [9.17, 15) is 0 Å². The molecule has 0 saturated heterocycles. The molecule has 4 aromatic rings. The van der Waals surface area contributed by atoms with Gasteiger partial charge in [0.15, 0.2) is 5.65 Å². The van der Waals surface area contributed by atoms with Crippen molar-refractivity contribution in [2.24, 2.45) is 0 Å². The van der Waals surface area contributed by atoms with Crippen molar-refractivity contribution in [2.45, 2.75) is 4.90 Å². The summed E-state index contributed by atoms with van der Waals surface area (Å²) in [4.78, 5) is 5.82. The van der Waals surface area contributed by atoms with Gasteiger partial charge in [0.2, 0.25) is 0 Å². The first-order valence-corrected chi connectivity index (χ1v) is 10.3. The second-order valence-corrected chi connectivity index (χ2v) is 7.81. The van der Waals surface area contributed by atoms with Crippen molar-refractivity contribution in [3.05, 3.63) is 71.3 Å². The molecular formula is C20H18BrN5OS. The number of nitrogens with one attached hydrogen (secondary N) is 2. The molecule has 28 heavy (non-hydrogen) atoms. The average Bonchev–Trinajstić information content (AvgIpc) is 3.11. The minimum Gasteiger partial charge on any atom is -0.395 e. The van der Waals surface area contributed by atoms with Gasteiger partial charge in [-0.1, -0.05) is 30.3 Å². The summed E-state index contributed by atoms with van der Waals surface area (Å²) in [5, 5.41) is 16.7. The van der Waals surface area contributed by atoms with E-state index in [4.69, 9.17) is 10.1 Å². The Kier molecular flexibility index (Phi) is 5.92. The smallest absolute Gasteiger partial charge is 0.172 e. The Morgan fingerprint density at radius 3 is 2.61 bits per heavy atom. The Morgan fingerprint density at radius 1 is 1.07 bits per heavy atom. The van der Waals surface area contributed by atoms with Gasteiger partial charge < -0.3 is 10.4 Å². The third-order valence-corrected chi connectivity index (χ3v) is 5.44. The van der Waals surface area contributed by atoms with Gasteiger partial charge in [-0.25, -0.2) is 4.98 Å². The summed E-state index contributed by atoms with van der Waals surface area (Å²) < 4.78 is 5.71. The molecule has 0 unspecified atom stereocenters. The highest BCUT2D eigenvalue weighted by Gasteiger charge is 2.11. The molecule has 0 aliphatic carbocycles. The zero-order valence-corrected chi connectivity index (χ0v) is 17.2. The molecule has 0 atom stereocenters. The topological polar surface area (TPSA) is 74.5 Å². The number of hydrogen-bond acceptors (Lipinski definition) is 6. The lowest BCUT2D eigenvalue weighted by atomic mass is 10.1. The number of anilines is 2. The fourth-order valence-corrected chi connectivity index (χ4v) is 3.70. The van der Waals surface area contributed by atoms with Crippen LogP contribution in [-0.2, 0) is 0 Å². The highest BCUT2D eigenvalue weighted by atomic mass is 79.9. The van der Waals surface area contributed by atoms with Crippen LogP contribution in [0.4, 0.5) is 11.5 Å². The van der Waals surface area contributed by atoms with Crippen LogP contribution in [0, 0.1) is 0 Å². The number of fused-ring (bicyclic) bond motifs is 1. The highest BCUT2D eigenvalue weighted by molar-refractivity contribution is 9.10. The first kappa shape index (κ1) is 18.9. The zero-order chi connectivity index (χ0) is 19.3. The molecule has 0 bridgehead atoms. The van der Waals surface area contributed by atoms with Crippen LogP contribution < -0.4 is 10.0 Å². The van der Waals surface area contributed by atoms with Crippen molar-refractivity contribution in [2.75, 3.05) is 18.5 Å². The van der Waals surface area contributed by atoms with E-state index >= 15 is 0 Å². The van der Waals surface area contributed by atoms with E-state index in [2.05, 4.69) is 31.1 Å². The zero-order valence-electron chi connectivity index (χ0n) is 14.8.